The van der Waals surface area contributed by atoms with Crippen LogP contribution in [0.2, 0.25) is 0 Å². The molecule has 0 spiro atoms. The molecule has 0 amide bonds. The molecule has 2 atom stereocenters. The van der Waals surface area contributed by atoms with Gasteiger partial charge in [-0.15, -0.1) is 0 Å². The van der Waals surface area contributed by atoms with Crippen molar-refractivity contribution >= 4 is 5.97 Å². The summed E-state index contributed by atoms with van der Waals surface area (Å²) in [5.41, 5.74) is 0.267. The van der Waals surface area contributed by atoms with Crippen molar-refractivity contribution in [2.24, 2.45) is 0 Å². The van der Waals surface area contributed by atoms with Gasteiger partial charge in [-0.25, -0.2) is 4.79 Å². The average molecular weight is 277 g/mol. The quantitative estimate of drug-likeness (QED) is 0.868. The Labute approximate surface area is 120 Å². The van der Waals surface area contributed by atoms with Crippen LogP contribution in [-0.4, -0.2) is 41.2 Å². The van der Waals surface area contributed by atoms with Crippen molar-refractivity contribution in [3.63, 3.8) is 0 Å². The fraction of sp³-hybridized carbons (Fsp3) is 0.562. The number of hydrogen-bond acceptors (Lipinski definition) is 3. The lowest BCUT2D eigenvalue weighted by Crippen LogP contribution is -2.37. The first kappa shape index (κ1) is 14.9. The summed E-state index contributed by atoms with van der Waals surface area (Å²) < 4.78 is 5.69. The SMILES string of the molecule is CCC1CCC(C)N1CCOc1cccc(C(=O)O)c1. The number of rotatable bonds is 6. The molecule has 1 heterocycles. The number of carboxylic acid groups (broad SMARTS) is 1. The zero-order chi connectivity index (χ0) is 14.5. The second kappa shape index (κ2) is 6.75. The molecule has 1 aliphatic heterocycles. The first-order valence-corrected chi connectivity index (χ1v) is 7.33. The Morgan fingerprint density at radius 3 is 2.95 bits per heavy atom. The summed E-state index contributed by atoms with van der Waals surface area (Å²) in [5, 5.41) is 8.94. The standard InChI is InChI=1S/C16H23NO3/c1-3-14-8-7-12(2)17(14)9-10-20-15-6-4-5-13(11-15)16(18)19/h4-6,11-12,14H,3,7-10H2,1-2H3,(H,18,19). The third-order valence-corrected chi connectivity index (χ3v) is 4.12. The minimum absolute atomic E-state index is 0.267. The van der Waals surface area contributed by atoms with Crippen molar-refractivity contribution in [2.45, 2.75) is 45.2 Å². The summed E-state index contributed by atoms with van der Waals surface area (Å²) in [4.78, 5) is 13.4. The van der Waals surface area contributed by atoms with Gasteiger partial charge in [0, 0.05) is 18.6 Å². The third kappa shape index (κ3) is 3.51. The fourth-order valence-corrected chi connectivity index (χ4v) is 2.95. The highest BCUT2D eigenvalue weighted by atomic mass is 16.5. The Morgan fingerprint density at radius 1 is 1.45 bits per heavy atom. The number of hydrogen-bond donors (Lipinski definition) is 1. The van der Waals surface area contributed by atoms with E-state index in [2.05, 4.69) is 18.7 Å². The minimum atomic E-state index is -0.922. The van der Waals surface area contributed by atoms with Crippen LogP contribution in [0, 0.1) is 0 Å². The normalized spacial score (nSPS) is 22.9. The molecule has 0 aliphatic carbocycles. The number of carboxylic acids is 1. The van der Waals surface area contributed by atoms with Crippen molar-refractivity contribution in [3.8, 4) is 5.75 Å². The van der Waals surface area contributed by atoms with Gasteiger partial charge in [0.05, 0.1) is 5.56 Å². The molecule has 1 N–H and O–H groups in total. The maximum Gasteiger partial charge on any atom is 0.335 e. The van der Waals surface area contributed by atoms with Crippen molar-refractivity contribution < 1.29 is 14.6 Å². The van der Waals surface area contributed by atoms with Gasteiger partial charge in [-0.05, 0) is 44.4 Å². The van der Waals surface area contributed by atoms with Gasteiger partial charge in [-0.1, -0.05) is 13.0 Å². The predicted octanol–water partition coefficient (Wildman–Crippen LogP) is 3.03. The molecule has 0 radical (unpaired) electrons. The predicted molar refractivity (Wildman–Crippen MR) is 78.4 cm³/mol. The van der Waals surface area contributed by atoms with Crippen LogP contribution in [0.4, 0.5) is 0 Å². The first-order valence-electron chi connectivity index (χ1n) is 7.33. The zero-order valence-corrected chi connectivity index (χ0v) is 12.2. The van der Waals surface area contributed by atoms with Crippen molar-refractivity contribution in [1.29, 1.82) is 0 Å². The van der Waals surface area contributed by atoms with Gasteiger partial charge in [0.2, 0.25) is 0 Å². The zero-order valence-electron chi connectivity index (χ0n) is 12.2. The van der Waals surface area contributed by atoms with E-state index in [1.165, 1.54) is 19.3 Å². The van der Waals surface area contributed by atoms with Crippen LogP contribution in [0.5, 0.6) is 5.75 Å². The highest BCUT2D eigenvalue weighted by Crippen LogP contribution is 2.25. The Balaban J connectivity index is 1.86. The highest BCUT2D eigenvalue weighted by molar-refractivity contribution is 5.87. The van der Waals surface area contributed by atoms with Crippen LogP contribution in [0.25, 0.3) is 0 Å². The third-order valence-electron chi connectivity index (χ3n) is 4.12. The smallest absolute Gasteiger partial charge is 0.335 e. The molecule has 1 aliphatic rings. The van der Waals surface area contributed by atoms with Gasteiger partial charge in [-0.2, -0.15) is 0 Å². The summed E-state index contributed by atoms with van der Waals surface area (Å²) in [5.74, 6) is -0.292. The topological polar surface area (TPSA) is 49.8 Å². The van der Waals surface area contributed by atoms with Gasteiger partial charge in [0.15, 0.2) is 0 Å². The molecular formula is C16H23NO3. The van der Waals surface area contributed by atoms with Crippen LogP contribution in [0.15, 0.2) is 24.3 Å². The molecule has 1 aromatic rings. The summed E-state index contributed by atoms with van der Waals surface area (Å²) in [6.07, 6.45) is 3.71. The first-order chi connectivity index (χ1) is 9.61. The van der Waals surface area contributed by atoms with E-state index in [9.17, 15) is 4.79 Å². The van der Waals surface area contributed by atoms with E-state index < -0.39 is 5.97 Å². The molecule has 110 valence electrons. The lowest BCUT2D eigenvalue weighted by atomic mass is 10.1. The second-order valence-corrected chi connectivity index (χ2v) is 5.41. The molecule has 2 unspecified atom stereocenters. The van der Waals surface area contributed by atoms with Crippen LogP contribution in [-0.2, 0) is 0 Å². The Morgan fingerprint density at radius 2 is 2.25 bits per heavy atom. The van der Waals surface area contributed by atoms with Gasteiger partial charge in [-0.3, -0.25) is 4.90 Å². The van der Waals surface area contributed by atoms with Crippen LogP contribution >= 0.6 is 0 Å². The molecule has 0 bridgehead atoms. The molecule has 2 rings (SSSR count). The van der Waals surface area contributed by atoms with E-state index in [4.69, 9.17) is 9.84 Å². The average Bonchev–Trinajstić information content (AvgIpc) is 2.80. The number of nitrogens with zero attached hydrogens (tertiary/aromatic N) is 1. The van der Waals surface area contributed by atoms with Crippen LogP contribution in [0.3, 0.4) is 0 Å². The monoisotopic (exact) mass is 277 g/mol. The second-order valence-electron chi connectivity index (χ2n) is 5.41. The van der Waals surface area contributed by atoms with Gasteiger partial charge in [0.25, 0.3) is 0 Å². The molecule has 20 heavy (non-hydrogen) atoms. The maximum atomic E-state index is 10.9. The molecular weight excluding hydrogens is 254 g/mol. The molecule has 1 fully saturated rings. The molecule has 1 aromatic carbocycles. The summed E-state index contributed by atoms with van der Waals surface area (Å²) in [6, 6.07) is 7.95. The van der Waals surface area contributed by atoms with Gasteiger partial charge >= 0.3 is 5.97 Å². The molecule has 4 heteroatoms. The van der Waals surface area contributed by atoms with Crippen molar-refractivity contribution in [2.75, 3.05) is 13.2 Å². The maximum absolute atomic E-state index is 10.9. The van der Waals surface area contributed by atoms with Crippen LogP contribution in [0.1, 0.15) is 43.5 Å². The fourth-order valence-electron chi connectivity index (χ4n) is 2.95. The lowest BCUT2D eigenvalue weighted by molar-refractivity contribution is 0.0696. The Bertz CT molecular complexity index is 461. The highest BCUT2D eigenvalue weighted by Gasteiger charge is 2.28. The van der Waals surface area contributed by atoms with Gasteiger partial charge in [0.1, 0.15) is 12.4 Å². The number of aromatic carboxylic acids is 1. The molecule has 1 saturated heterocycles. The van der Waals surface area contributed by atoms with E-state index in [1.807, 2.05) is 0 Å². The number of carbonyl (C=O) groups is 1. The number of ether oxygens (including phenoxy) is 1. The number of likely N-dealkylation sites (tertiary alicyclic amines) is 1. The Hall–Kier alpha value is -1.55. The minimum Gasteiger partial charge on any atom is -0.492 e. The molecule has 4 nitrogen and oxygen atoms in total. The summed E-state index contributed by atoms with van der Waals surface area (Å²) >= 11 is 0. The van der Waals surface area contributed by atoms with Crippen molar-refractivity contribution in [1.82, 2.24) is 4.90 Å². The Kier molecular flexibility index (Phi) is 5.01. The largest absolute Gasteiger partial charge is 0.492 e. The van der Waals surface area contributed by atoms with Gasteiger partial charge < -0.3 is 9.84 Å². The van der Waals surface area contributed by atoms with Crippen LogP contribution < -0.4 is 4.74 Å². The van der Waals surface area contributed by atoms with Crippen molar-refractivity contribution in [3.05, 3.63) is 29.8 Å². The van der Waals surface area contributed by atoms with E-state index in [0.29, 0.717) is 24.4 Å². The van der Waals surface area contributed by atoms with E-state index in [0.717, 1.165) is 6.54 Å². The van der Waals surface area contributed by atoms with E-state index >= 15 is 0 Å². The number of benzene rings is 1. The summed E-state index contributed by atoms with van der Waals surface area (Å²) in [6.45, 7) is 5.99. The molecule has 0 aromatic heterocycles. The van der Waals surface area contributed by atoms with E-state index in [1.54, 1.807) is 24.3 Å². The lowest BCUT2D eigenvalue weighted by Gasteiger charge is -2.27. The van der Waals surface area contributed by atoms with E-state index in [-0.39, 0.29) is 5.56 Å². The molecule has 0 saturated carbocycles. The summed E-state index contributed by atoms with van der Waals surface area (Å²) in [7, 11) is 0.